The largest absolute Gasteiger partial charge is 0.329 e. The molecule has 1 aromatic carbocycles. The Bertz CT molecular complexity index is 587. The molecule has 3 rings (SSSR count). The highest BCUT2D eigenvalue weighted by Gasteiger charge is 2.38. The Kier molecular flexibility index (Phi) is 3.94. The van der Waals surface area contributed by atoms with Gasteiger partial charge in [0.15, 0.2) is 0 Å². The van der Waals surface area contributed by atoms with E-state index in [-0.39, 0.29) is 23.8 Å². The number of piperazine rings is 1. The van der Waals surface area contributed by atoms with Crippen LogP contribution in [0.3, 0.4) is 0 Å². The summed E-state index contributed by atoms with van der Waals surface area (Å²) in [5, 5.41) is 0. The van der Waals surface area contributed by atoms with E-state index in [4.69, 9.17) is 0 Å². The minimum Gasteiger partial charge on any atom is -0.329 e. The molecule has 2 fully saturated rings. The van der Waals surface area contributed by atoms with E-state index in [1.165, 1.54) is 0 Å². The number of anilines is 1. The average Bonchev–Trinajstić information content (AvgIpc) is 2.38. The standard InChI is InChI=1S/C18H24N2O2/c1-12-9-13(2)11-16(10-12)20-8-7-19(14(3)17(20)21)18(22)15-5-4-6-15/h9-11,14-15H,4-8H2,1-3H3. The van der Waals surface area contributed by atoms with Gasteiger partial charge in [-0.3, -0.25) is 9.59 Å². The van der Waals surface area contributed by atoms with Crippen molar-refractivity contribution in [3.63, 3.8) is 0 Å². The number of nitrogens with zero attached hydrogens (tertiary/aromatic N) is 2. The van der Waals surface area contributed by atoms with Crippen LogP contribution < -0.4 is 4.90 Å². The SMILES string of the molecule is Cc1cc(C)cc(N2CCN(C(=O)C3CCC3)C(C)C2=O)c1. The van der Waals surface area contributed by atoms with Crippen molar-refractivity contribution >= 4 is 17.5 Å². The van der Waals surface area contributed by atoms with Crippen LogP contribution in [-0.4, -0.2) is 35.8 Å². The molecule has 0 spiro atoms. The van der Waals surface area contributed by atoms with Gasteiger partial charge >= 0.3 is 0 Å². The molecule has 1 atom stereocenters. The molecule has 1 saturated heterocycles. The van der Waals surface area contributed by atoms with E-state index in [9.17, 15) is 9.59 Å². The van der Waals surface area contributed by atoms with E-state index in [1.54, 1.807) is 4.90 Å². The van der Waals surface area contributed by atoms with Crippen LogP contribution in [0.2, 0.25) is 0 Å². The lowest BCUT2D eigenvalue weighted by atomic mass is 9.84. The van der Waals surface area contributed by atoms with Crippen LogP contribution in [0.4, 0.5) is 5.69 Å². The van der Waals surface area contributed by atoms with Gasteiger partial charge in [0.1, 0.15) is 6.04 Å². The molecule has 0 aromatic heterocycles. The predicted octanol–water partition coefficient (Wildman–Crippen LogP) is 2.67. The lowest BCUT2D eigenvalue weighted by Gasteiger charge is -2.42. The van der Waals surface area contributed by atoms with Crippen molar-refractivity contribution in [2.24, 2.45) is 5.92 Å². The van der Waals surface area contributed by atoms with Crippen molar-refractivity contribution in [2.45, 2.75) is 46.1 Å². The number of hydrogen-bond acceptors (Lipinski definition) is 2. The fourth-order valence-corrected chi connectivity index (χ4v) is 3.42. The molecule has 1 aromatic rings. The fraction of sp³-hybridized carbons (Fsp3) is 0.556. The Morgan fingerprint density at radius 2 is 1.73 bits per heavy atom. The maximum Gasteiger partial charge on any atom is 0.249 e. The van der Waals surface area contributed by atoms with Crippen molar-refractivity contribution in [2.75, 3.05) is 18.0 Å². The molecule has 1 unspecified atom stereocenters. The van der Waals surface area contributed by atoms with E-state index in [0.717, 1.165) is 36.1 Å². The van der Waals surface area contributed by atoms with Gasteiger partial charge in [-0.2, -0.15) is 0 Å². The van der Waals surface area contributed by atoms with Gasteiger partial charge in [0.05, 0.1) is 0 Å². The van der Waals surface area contributed by atoms with Crippen molar-refractivity contribution in [3.8, 4) is 0 Å². The molecule has 118 valence electrons. The second kappa shape index (κ2) is 5.75. The van der Waals surface area contributed by atoms with Crippen molar-refractivity contribution in [1.82, 2.24) is 4.90 Å². The van der Waals surface area contributed by atoms with Crippen LogP contribution in [0.5, 0.6) is 0 Å². The summed E-state index contributed by atoms with van der Waals surface area (Å²) in [6.07, 6.45) is 3.11. The third kappa shape index (κ3) is 2.62. The van der Waals surface area contributed by atoms with Gasteiger partial charge < -0.3 is 9.80 Å². The first-order valence-electron chi connectivity index (χ1n) is 8.17. The first kappa shape index (κ1) is 15.1. The molecule has 1 aliphatic carbocycles. The Labute approximate surface area is 132 Å². The van der Waals surface area contributed by atoms with Crippen LogP contribution in [-0.2, 0) is 9.59 Å². The number of rotatable bonds is 2. The number of carbonyl (C=O) groups is 2. The third-order valence-corrected chi connectivity index (χ3v) is 4.91. The van der Waals surface area contributed by atoms with E-state index in [0.29, 0.717) is 13.1 Å². The zero-order valence-electron chi connectivity index (χ0n) is 13.6. The Morgan fingerprint density at radius 1 is 1.09 bits per heavy atom. The molecule has 22 heavy (non-hydrogen) atoms. The summed E-state index contributed by atoms with van der Waals surface area (Å²) in [6.45, 7) is 7.16. The van der Waals surface area contributed by atoms with Crippen molar-refractivity contribution < 1.29 is 9.59 Å². The topological polar surface area (TPSA) is 40.6 Å². The second-order valence-corrected chi connectivity index (χ2v) is 6.67. The third-order valence-electron chi connectivity index (χ3n) is 4.91. The van der Waals surface area contributed by atoms with Gasteiger partial charge in [0.25, 0.3) is 0 Å². The van der Waals surface area contributed by atoms with Gasteiger partial charge in [0, 0.05) is 24.7 Å². The van der Waals surface area contributed by atoms with Gasteiger partial charge in [-0.05, 0) is 56.9 Å². The predicted molar refractivity (Wildman–Crippen MR) is 86.8 cm³/mol. The minimum atomic E-state index is -0.359. The summed E-state index contributed by atoms with van der Waals surface area (Å²) in [6, 6.07) is 5.83. The van der Waals surface area contributed by atoms with Gasteiger partial charge in [0.2, 0.25) is 11.8 Å². The first-order chi connectivity index (χ1) is 10.5. The molecule has 4 nitrogen and oxygen atoms in total. The molecule has 0 radical (unpaired) electrons. The molecule has 1 aliphatic heterocycles. The van der Waals surface area contributed by atoms with Crippen LogP contribution in [0, 0.1) is 19.8 Å². The summed E-state index contributed by atoms with van der Waals surface area (Å²) in [4.78, 5) is 28.8. The number of aryl methyl sites for hydroxylation is 2. The number of benzene rings is 1. The van der Waals surface area contributed by atoms with E-state index in [2.05, 4.69) is 6.07 Å². The molecule has 4 heteroatoms. The number of hydrogen-bond donors (Lipinski definition) is 0. The maximum absolute atomic E-state index is 12.7. The molecular weight excluding hydrogens is 276 g/mol. The fourth-order valence-electron chi connectivity index (χ4n) is 3.42. The summed E-state index contributed by atoms with van der Waals surface area (Å²) in [7, 11) is 0. The maximum atomic E-state index is 12.7. The molecule has 1 saturated carbocycles. The van der Waals surface area contributed by atoms with E-state index in [1.807, 2.05) is 37.8 Å². The highest BCUT2D eigenvalue weighted by molar-refractivity contribution is 6.00. The Morgan fingerprint density at radius 3 is 2.27 bits per heavy atom. The molecule has 0 bridgehead atoms. The Hall–Kier alpha value is -1.84. The molecule has 0 N–H and O–H groups in total. The van der Waals surface area contributed by atoms with Gasteiger partial charge in [-0.1, -0.05) is 12.5 Å². The van der Waals surface area contributed by atoms with Crippen LogP contribution in [0.1, 0.15) is 37.3 Å². The quantitative estimate of drug-likeness (QED) is 0.842. The van der Waals surface area contributed by atoms with Crippen LogP contribution >= 0.6 is 0 Å². The van der Waals surface area contributed by atoms with Crippen molar-refractivity contribution in [3.05, 3.63) is 29.3 Å². The smallest absolute Gasteiger partial charge is 0.249 e. The zero-order valence-corrected chi connectivity index (χ0v) is 13.6. The lowest BCUT2D eigenvalue weighted by molar-refractivity contribution is -0.146. The highest BCUT2D eigenvalue weighted by atomic mass is 16.2. The summed E-state index contributed by atoms with van der Waals surface area (Å²) in [5.41, 5.74) is 3.26. The zero-order chi connectivity index (χ0) is 15.9. The first-order valence-corrected chi connectivity index (χ1v) is 8.17. The molecule has 2 aliphatic rings. The lowest BCUT2D eigenvalue weighted by Crippen LogP contribution is -2.59. The summed E-state index contributed by atoms with van der Waals surface area (Å²) < 4.78 is 0. The van der Waals surface area contributed by atoms with Gasteiger partial charge in [-0.15, -0.1) is 0 Å². The number of amides is 2. The van der Waals surface area contributed by atoms with Crippen LogP contribution in [0.15, 0.2) is 18.2 Å². The van der Waals surface area contributed by atoms with Gasteiger partial charge in [-0.25, -0.2) is 0 Å². The second-order valence-electron chi connectivity index (χ2n) is 6.67. The van der Waals surface area contributed by atoms with E-state index >= 15 is 0 Å². The monoisotopic (exact) mass is 300 g/mol. The minimum absolute atomic E-state index is 0.0314. The molecule has 1 heterocycles. The number of carbonyl (C=O) groups excluding carboxylic acids is 2. The summed E-state index contributed by atoms with van der Waals surface area (Å²) >= 11 is 0. The molecule has 2 amide bonds. The normalized spacial score (nSPS) is 22.7. The molecular formula is C18H24N2O2. The average molecular weight is 300 g/mol. The Balaban J connectivity index is 1.78. The van der Waals surface area contributed by atoms with Crippen LogP contribution in [0.25, 0.3) is 0 Å². The van der Waals surface area contributed by atoms with E-state index < -0.39 is 0 Å². The highest BCUT2D eigenvalue weighted by Crippen LogP contribution is 2.30. The van der Waals surface area contributed by atoms with Crippen molar-refractivity contribution in [1.29, 1.82) is 0 Å². The summed E-state index contributed by atoms with van der Waals surface area (Å²) in [5.74, 6) is 0.360.